The van der Waals surface area contributed by atoms with Gasteiger partial charge in [0.1, 0.15) is 31.1 Å². The molecule has 1 atom stereocenters. The fourth-order valence-electron chi connectivity index (χ4n) is 3.95. The van der Waals surface area contributed by atoms with Gasteiger partial charge in [-0.1, -0.05) is 24.6 Å². The largest absolute Gasteiger partial charge is 0.492 e. The predicted molar refractivity (Wildman–Crippen MR) is 129 cm³/mol. The molecule has 1 amide bonds. The topological polar surface area (TPSA) is 123 Å². The molecule has 11 heteroatoms. The van der Waals surface area contributed by atoms with Crippen LogP contribution in [0.4, 0.5) is 5.69 Å². The lowest BCUT2D eigenvalue weighted by molar-refractivity contribution is -0.120. The number of nitrogens with zero attached hydrogens (tertiary/aromatic N) is 4. The first-order valence-electron chi connectivity index (χ1n) is 11.3. The Labute approximate surface area is 204 Å². The van der Waals surface area contributed by atoms with Gasteiger partial charge in [-0.3, -0.25) is 9.59 Å². The smallest absolute Gasteiger partial charge is 0.243 e. The number of amides is 1. The number of sulfonamides is 1. The lowest BCUT2D eigenvalue weighted by Crippen LogP contribution is -2.49. The Kier molecular flexibility index (Phi) is 7.57. The molecule has 3 aromatic rings. The van der Waals surface area contributed by atoms with Gasteiger partial charge in [-0.15, -0.1) is 0 Å². The maximum absolute atomic E-state index is 13.3. The second kappa shape index (κ2) is 10.8. The summed E-state index contributed by atoms with van der Waals surface area (Å²) in [5.74, 6) is 0.0313. The van der Waals surface area contributed by atoms with Crippen molar-refractivity contribution in [3.8, 4) is 5.75 Å². The average Bonchev–Trinajstić information content (AvgIpc) is 3.38. The number of anilines is 1. The molecule has 1 aromatic heterocycles. The van der Waals surface area contributed by atoms with Gasteiger partial charge in [-0.05, 0) is 44.0 Å². The monoisotopic (exact) mass is 497 g/mol. The van der Waals surface area contributed by atoms with Gasteiger partial charge in [0.15, 0.2) is 5.78 Å². The Morgan fingerprint density at radius 3 is 2.66 bits per heavy atom. The highest BCUT2D eigenvalue weighted by atomic mass is 32.2. The van der Waals surface area contributed by atoms with E-state index in [1.165, 1.54) is 41.8 Å². The van der Waals surface area contributed by atoms with Crippen LogP contribution in [0.1, 0.15) is 36.5 Å². The highest BCUT2D eigenvalue weighted by Crippen LogP contribution is 2.27. The third kappa shape index (κ3) is 5.92. The van der Waals surface area contributed by atoms with Gasteiger partial charge >= 0.3 is 0 Å². The first-order valence-corrected chi connectivity index (χ1v) is 12.8. The zero-order valence-corrected chi connectivity index (χ0v) is 20.1. The van der Waals surface area contributed by atoms with E-state index < -0.39 is 22.0 Å². The summed E-state index contributed by atoms with van der Waals surface area (Å²) < 4.78 is 35.3. The highest BCUT2D eigenvalue weighted by molar-refractivity contribution is 7.89. The summed E-state index contributed by atoms with van der Waals surface area (Å²) >= 11 is 0. The third-order valence-electron chi connectivity index (χ3n) is 5.78. The van der Waals surface area contributed by atoms with Gasteiger partial charge in [0.25, 0.3) is 0 Å². The summed E-state index contributed by atoms with van der Waals surface area (Å²) in [6, 6.07) is 11.9. The van der Waals surface area contributed by atoms with Crippen molar-refractivity contribution in [1.82, 2.24) is 19.1 Å². The van der Waals surface area contributed by atoms with Crippen molar-refractivity contribution in [2.24, 2.45) is 0 Å². The molecule has 4 rings (SSSR count). The summed E-state index contributed by atoms with van der Waals surface area (Å²) in [6.45, 7) is 2.57. The second-order valence-corrected chi connectivity index (χ2v) is 10.1. The van der Waals surface area contributed by atoms with Crippen molar-refractivity contribution >= 4 is 27.4 Å². The van der Waals surface area contributed by atoms with Gasteiger partial charge in [0.2, 0.25) is 15.9 Å². The van der Waals surface area contributed by atoms with E-state index in [9.17, 15) is 18.0 Å². The first-order chi connectivity index (χ1) is 16.8. The molecule has 0 aliphatic carbocycles. The number of rotatable bonds is 9. The number of nitrogens with one attached hydrogen (secondary N) is 1. The Morgan fingerprint density at radius 1 is 1.14 bits per heavy atom. The fourth-order valence-corrected chi connectivity index (χ4v) is 5.60. The van der Waals surface area contributed by atoms with Crippen LogP contribution in [0.5, 0.6) is 5.75 Å². The van der Waals surface area contributed by atoms with E-state index in [0.717, 1.165) is 6.42 Å². The number of carbonyl (C=O) groups is 2. The van der Waals surface area contributed by atoms with Crippen LogP contribution in [0.25, 0.3) is 0 Å². The van der Waals surface area contributed by atoms with Crippen LogP contribution in [0.15, 0.2) is 66.1 Å². The predicted octanol–water partition coefficient (Wildman–Crippen LogP) is 2.74. The molecule has 1 unspecified atom stereocenters. The Bertz CT molecular complexity index is 1280. The van der Waals surface area contributed by atoms with E-state index >= 15 is 0 Å². The van der Waals surface area contributed by atoms with Crippen molar-refractivity contribution in [3.63, 3.8) is 0 Å². The number of ether oxygens (including phenoxy) is 1. The highest BCUT2D eigenvalue weighted by Gasteiger charge is 2.37. The van der Waals surface area contributed by atoms with Crippen LogP contribution in [-0.2, 0) is 21.4 Å². The molecular weight excluding hydrogens is 470 g/mol. The molecule has 0 saturated carbocycles. The molecule has 2 aromatic carbocycles. The van der Waals surface area contributed by atoms with Crippen LogP contribution >= 0.6 is 0 Å². The Balaban J connectivity index is 1.44. The Morgan fingerprint density at radius 2 is 1.94 bits per heavy atom. The summed E-state index contributed by atoms with van der Waals surface area (Å²) in [6.07, 6.45) is 4.89. The molecule has 2 heterocycles. The number of hydrogen-bond donors (Lipinski definition) is 1. The van der Waals surface area contributed by atoms with Crippen molar-refractivity contribution in [2.45, 2.75) is 43.7 Å². The molecule has 0 spiro atoms. The number of aromatic nitrogens is 3. The molecule has 1 aliphatic rings. The SMILES string of the molecule is CC(=O)c1ccc(S(=O)(=O)N2CCCCC2C(=O)Nc2cccc(OCCn3cncn3)c2)cc1. The fraction of sp³-hybridized carbons (Fsp3) is 0.333. The summed E-state index contributed by atoms with van der Waals surface area (Å²) in [7, 11) is -3.91. The van der Waals surface area contributed by atoms with Crippen LogP contribution in [-0.4, -0.2) is 58.4 Å². The zero-order chi connectivity index (χ0) is 24.8. The number of hydrogen-bond acceptors (Lipinski definition) is 7. The van der Waals surface area contributed by atoms with Gasteiger partial charge in [-0.2, -0.15) is 9.40 Å². The molecule has 0 bridgehead atoms. The lowest BCUT2D eigenvalue weighted by atomic mass is 10.0. The minimum Gasteiger partial charge on any atom is -0.492 e. The van der Waals surface area contributed by atoms with Crippen molar-refractivity contribution < 1.29 is 22.7 Å². The molecule has 184 valence electrons. The van der Waals surface area contributed by atoms with E-state index in [1.54, 1.807) is 35.3 Å². The van der Waals surface area contributed by atoms with E-state index in [0.29, 0.717) is 43.0 Å². The standard InChI is InChI=1S/C24H27N5O5S/c1-18(30)19-8-10-22(11-9-19)35(32,33)29-12-3-2-7-23(29)24(31)27-20-5-4-6-21(15-20)34-14-13-28-17-25-16-26-28/h4-6,8-11,15-17,23H,2-3,7,12-14H2,1H3,(H,27,31). The number of carbonyl (C=O) groups excluding carboxylic acids is 2. The summed E-state index contributed by atoms with van der Waals surface area (Å²) in [5.41, 5.74) is 0.947. The van der Waals surface area contributed by atoms with Gasteiger partial charge in [0, 0.05) is 23.9 Å². The number of ketones is 1. The molecule has 1 saturated heterocycles. The van der Waals surface area contributed by atoms with Crippen LogP contribution in [0.3, 0.4) is 0 Å². The quantitative estimate of drug-likeness (QED) is 0.451. The van der Waals surface area contributed by atoms with Crippen LogP contribution in [0, 0.1) is 0 Å². The van der Waals surface area contributed by atoms with Gasteiger partial charge in [0.05, 0.1) is 11.4 Å². The zero-order valence-electron chi connectivity index (χ0n) is 19.3. The molecule has 0 radical (unpaired) electrons. The lowest BCUT2D eigenvalue weighted by Gasteiger charge is -2.33. The summed E-state index contributed by atoms with van der Waals surface area (Å²) in [5, 5.41) is 6.85. The first kappa shape index (κ1) is 24.6. The van der Waals surface area contributed by atoms with Gasteiger partial charge < -0.3 is 10.1 Å². The molecule has 1 N–H and O–H groups in total. The molecule has 10 nitrogen and oxygen atoms in total. The molecule has 35 heavy (non-hydrogen) atoms. The van der Waals surface area contributed by atoms with Crippen molar-refractivity contribution in [3.05, 3.63) is 66.7 Å². The van der Waals surface area contributed by atoms with Crippen LogP contribution in [0.2, 0.25) is 0 Å². The molecule has 1 fully saturated rings. The van der Waals surface area contributed by atoms with E-state index in [-0.39, 0.29) is 17.2 Å². The number of piperidine rings is 1. The average molecular weight is 498 g/mol. The minimum atomic E-state index is -3.91. The maximum atomic E-state index is 13.3. The van der Waals surface area contributed by atoms with Crippen LogP contribution < -0.4 is 10.1 Å². The molecule has 1 aliphatic heterocycles. The minimum absolute atomic E-state index is 0.0602. The van der Waals surface area contributed by atoms with Gasteiger partial charge in [-0.25, -0.2) is 18.1 Å². The Hall–Kier alpha value is -3.57. The van der Waals surface area contributed by atoms with Crippen molar-refractivity contribution in [2.75, 3.05) is 18.5 Å². The van der Waals surface area contributed by atoms with E-state index in [4.69, 9.17) is 4.74 Å². The normalized spacial score (nSPS) is 16.5. The van der Waals surface area contributed by atoms with E-state index in [1.807, 2.05) is 0 Å². The third-order valence-corrected chi connectivity index (χ3v) is 7.70. The second-order valence-electron chi connectivity index (χ2n) is 8.23. The number of benzene rings is 2. The molecular formula is C24H27N5O5S. The number of Topliss-reactive ketones (excluding diaryl/α,β-unsaturated/α-hetero) is 1. The summed E-state index contributed by atoms with van der Waals surface area (Å²) in [4.78, 5) is 28.6. The van der Waals surface area contributed by atoms with Crippen molar-refractivity contribution in [1.29, 1.82) is 0 Å². The maximum Gasteiger partial charge on any atom is 0.243 e. The van der Waals surface area contributed by atoms with E-state index in [2.05, 4.69) is 15.4 Å².